The summed E-state index contributed by atoms with van der Waals surface area (Å²) in [6, 6.07) is 11.5. The standard InChI is InChI=1S/C16H15ClN2O3S/c1-3-22-16-10-12(8-9-13(16)17)23(20,21)19-11(2)18-14-6-4-5-7-15(14)19/h4-10H,3H2,1-2H3. The zero-order valence-electron chi connectivity index (χ0n) is 12.7. The predicted octanol–water partition coefficient (Wildman–Crippen LogP) is 3.63. The summed E-state index contributed by atoms with van der Waals surface area (Å²) in [7, 11) is -3.79. The van der Waals surface area contributed by atoms with Crippen molar-refractivity contribution in [2.45, 2.75) is 18.7 Å². The van der Waals surface area contributed by atoms with E-state index in [0.717, 1.165) is 0 Å². The highest BCUT2D eigenvalue weighted by molar-refractivity contribution is 7.90. The van der Waals surface area contributed by atoms with Gasteiger partial charge in [0.05, 0.1) is 27.6 Å². The van der Waals surface area contributed by atoms with Gasteiger partial charge in [0.15, 0.2) is 0 Å². The number of fused-ring (bicyclic) bond motifs is 1. The summed E-state index contributed by atoms with van der Waals surface area (Å²) in [6.45, 7) is 3.87. The second-order valence-electron chi connectivity index (χ2n) is 4.94. The van der Waals surface area contributed by atoms with Crippen molar-refractivity contribution in [3.8, 4) is 5.75 Å². The number of aryl methyl sites for hydroxylation is 1. The van der Waals surface area contributed by atoms with Gasteiger partial charge in [-0.15, -0.1) is 0 Å². The third kappa shape index (κ3) is 2.68. The monoisotopic (exact) mass is 350 g/mol. The van der Waals surface area contributed by atoms with E-state index in [1.54, 1.807) is 25.1 Å². The first-order valence-electron chi connectivity index (χ1n) is 7.07. The van der Waals surface area contributed by atoms with Gasteiger partial charge in [-0.05, 0) is 38.1 Å². The van der Waals surface area contributed by atoms with Gasteiger partial charge in [-0.25, -0.2) is 17.4 Å². The van der Waals surface area contributed by atoms with E-state index in [9.17, 15) is 8.42 Å². The maximum Gasteiger partial charge on any atom is 0.269 e. The summed E-state index contributed by atoms with van der Waals surface area (Å²) < 4.78 is 32.7. The van der Waals surface area contributed by atoms with Crippen molar-refractivity contribution in [3.05, 3.63) is 53.3 Å². The molecule has 3 rings (SSSR count). The van der Waals surface area contributed by atoms with Gasteiger partial charge < -0.3 is 4.74 Å². The van der Waals surface area contributed by atoms with Gasteiger partial charge in [0, 0.05) is 6.07 Å². The van der Waals surface area contributed by atoms with Gasteiger partial charge in [0.25, 0.3) is 10.0 Å². The Morgan fingerprint density at radius 3 is 2.70 bits per heavy atom. The molecule has 0 N–H and O–H groups in total. The average Bonchev–Trinajstić information content (AvgIpc) is 2.85. The molecule has 120 valence electrons. The Morgan fingerprint density at radius 2 is 1.96 bits per heavy atom. The highest BCUT2D eigenvalue weighted by Gasteiger charge is 2.23. The van der Waals surface area contributed by atoms with E-state index < -0.39 is 10.0 Å². The number of aromatic nitrogens is 2. The van der Waals surface area contributed by atoms with Crippen LogP contribution in [0.2, 0.25) is 5.02 Å². The Morgan fingerprint density at radius 1 is 1.22 bits per heavy atom. The Kier molecular flexibility index (Phi) is 4.04. The van der Waals surface area contributed by atoms with Crippen LogP contribution in [-0.4, -0.2) is 24.0 Å². The number of halogens is 1. The van der Waals surface area contributed by atoms with E-state index in [4.69, 9.17) is 16.3 Å². The number of benzene rings is 2. The summed E-state index contributed by atoms with van der Waals surface area (Å²) in [5, 5.41) is 0.373. The lowest BCUT2D eigenvalue weighted by Gasteiger charge is -2.11. The van der Waals surface area contributed by atoms with Crippen LogP contribution in [0.1, 0.15) is 12.7 Å². The van der Waals surface area contributed by atoms with Crippen molar-refractivity contribution < 1.29 is 13.2 Å². The third-order valence-electron chi connectivity index (χ3n) is 3.42. The largest absolute Gasteiger partial charge is 0.492 e. The highest BCUT2D eigenvalue weighted by Crippen LogP contribution is 2.30. The second kappa shape index (κ2) is 5.86. The quantitative estimate of drug-likeness (QED) is 0.720. The smallest absolute Gasteiger partial charge is 0.269 e. The van der Waals surface area contributed by atoms with E-state index in [1.807, 2.05) is 13.0 Å². The lowest BCUT2D eigenvalue weighted by molar-refractivity contribution is 0.339. The summed E-state index contributed by atoms with van der Waals surface area (Å²) in [5.74, 6) is 0.747. The zero-order valence-corrected chi connectivity index (χ0v) is 14.2. The van der Waals surface area contributed by atoms with E-state index in [0.29, 0.717) is 34.2 Å². The van der Waals surface area contributed by atoms with Crippen LogP contribution in [0.5, 0.6) is 5.75 Å². The van der Waals surface area contributed by atoms with Crippen molar-refractivity contribution in [3.63, 3.8) is 0 Å². The number of ether oxygens (including phenoxy) is 1. The van der Waals surface area contributed by atoms with Gasteiger partial charge in [-0.1, -0.05) is 23.7 Å². The predicted molar refractivity (Wildman–Crippen MR) is 89.7 cm³/mol. The average molecular weight is 351 g/mol. The first-order chi connectivity index (χ1) is 10.9. The fourth-order valence-corrected chi connectivity index (χ4v) is 4.12. The SMILES string of the molecule is CCOc1cc(S(=O)(=O)n2c(C)nc3ccccc32)ccc1Cl. The number of imidazole rings is 1. The molecule has 0 fully saturated rings. The van der Waals surface area contributed by atoms with Crippen molar-refractivity contribution in [1.29, 1.82) is 0 Å². The van der Waals surface area contributed by atoms with E-state index >= 15 is 0 Å². The van der Waals surface area contributed by atoms with Gasteiger partial charge in [0.1, 0.15) is 11.6 Å². The van der Waals surface area contributed by atoms with Crippen molar-refractivity contribution in [1.82, 2.24) is 8.96 Å². The number of para-hydroxylation sites is 2. The molecule has 0 amide bonds. The maximum atomic E-state index is 13.0. The van der Waals surface area contributed by atoms with Crippen LogP contribution in [0.25, 0.3) is 11.0 Å². The molecule has 0 aliphatic heterocycles. The molecule has 0 atom stereocenters. The van der Waals surface area contributed by atoms with Gasteiger partial charge in [0.2, 0.25) is 0 Å². The minimum absolute atomic E-state index is 0.108. The van der Waals surface area contributed by atoms with Crippen LogP contribution in [-0.2, 0) is 10.0 Å². The van der Waals surface area contributed by atoms with Crippen LogP contribution in [0, 0.1) is 6.92 Å². The minimum Gasteiger partial charge on any atom is -0.492 e. The lowest BCUT2D eigenvalue weighted by Crippen LogP contribution is -2.14. The van der Waals surface area contributed by atoms with Crippen LogP contribution >= 0.6 is 11.6 Å². The van der Waals surface area contributed by atoms with E-state index in [-0.39, 0.29) is 4.90 Å². The molecule has 0 saturated carbocycles. The fraction of sp³-hybridized carbons (Fsp3) is 0.188. The molecule has 1 heterocycles. The summed E-state index contributed by atoms with van der Waals surface area (Å²) >= 11 is 6.04. The summed E-state index contributed by atoms with van der Waals surface area (Å²) in [5.41, 5.74) is 1.17. The molecule has 0 bridgehead atoms. The van der Waals surface area contributed by atoms with E-state index in [1.165, 1.54) is 22.2 Å². The fourth-order valence-electron chi connectivity index (χ4n) is 2.44. The first-order valence-corrected chi connectivity index (χ1v) is 8.89. The van der Waals surface area contributed by atoms with Gasteiger partial charge in [-0.2, -0.15) is 0 Å². The lowest BCUT2D eigenvalue weighted by atomic mass is 10.3. The number of hydrogen-bond acceptors (Lipinski definition) is 4. The Bertz CT molecular complexity index is 980. The van der Waals surface area contributed by atoms with Gasteiger partial charge in [-0.3, -0.25) is 0 Å². The first kappa shape index (κ1) is 15.8. The molecule has 1 aromatic heterocycles. The molecule has 23 heavy (non-hydrogen) atoms. The summed E-state index contributed by atoms with van der Waals surface area (Å²) in [6.07, 6.45) is 0. The zero-order chi connectivity index (χ0) is 16.6. The molecule has 0 unspecified atom stereocenters. The van der Waals surface area contributed by atoms with Crippen molar-refractivity contribution in [2.24, 2.45) is 0 Å². The molecule has 3 aromatic rings. The van der Waals surface area contributed by atoms with E-state index in [2.05, 4.69) is 4.98 Å². The number of rotatable bonds is 4. The molecule has 0 aliphatic rings. The molecule has 0 spiro atoms. The molecule has 5 nitrogen and oxygen atoms in total. The molecule has 0 aliphatic carbocycles. The van der Waals surface area contributed by atoms with Crippen LogP contribution in [0.3, 0.4) is 0 Å². The molecule has 2 aromatic carbocycles. The van der Waals surface area contributed by atoms with Crippen molar-refractivity contribution in [2.75, 3.05) is 6.61 Å². The number of nitrogens with zero attached hydrogens (tertiary/aromatic N) is 2. The third-order valence-corrected chi connectivity index (χ3v) is 5.52. The summed E-state index contributed by atoms with van der Waals surface area (Å²) in [4.78, 5) is 4.42. The second-order valence-corrected chi connectivity index (χ2v) is 7.14. The molecule has 0 saturated heterocycles. The van der Waals surface area contributed by atoms with Crippen LogP contribution in [0.15, 0.2) is 47.4 Å². The minimum atomic E-state index is -3.79. The molecular formula is C16H15ClN2O3S. The van der Waals surface area contributed by atoms with Crippen molar-refractivity contribution >= 4 is 32.7 Å². The van der Waals surface area contributed by atoms with Crippen LogP contribution in [0.4, 0.5) is 0 Å². The Hall–Kier alpha value is -2.05. The highest BCUT2D eigenvalue weighted by atomic mass is 35.5. The van der Waals surface area contributed by atoms with Gasteiger partial charge >= 0.3 is 0 Å². The molecule has 0 radical (unpaired) electrons. The molecular weight excluding hydrogens is 336 g/mol. The Balaban J connectivity index is 2.22. The number of hydrogen-bond donors (Lipinski definition) is 0. The topological polar surface area (TPSA) is 61.2 Å². The normalized spacial score (nSPS) is 11.8. The Labute approximate surface area is 139 Å². The maximum absolute atomic E-state index is 13.0. The molecule has 7 heteroatoms. The van der Waals surface area contributed by atoms with Crippen LogP contribution < -0.4 is 4.74 Å².